The molecular formula is C7H2BrClF2N2. The molecule has 0 aliphatic rings. The van der Waals surface area contributed by atoms with Crippen LogP contribution in [-0.4, -0.2) is 9.97 Å². The molecule has 0 atom stereocenters. The van der Waals surface area contributed by atoms with E-state index in [-0.39, 0.29) is 15.3 Å². The normalized spacial score (nSPS) is 11.1. The first-order valence-electron chi connectivity index (χ1n) is 3.28. The standard InChI is InChI=1S/C7H2BrClF2N2/c8-2-1-3-6(5(11)4(2)10)13-7(9)12-3/h1H,(H,12,13). The molecule has 0 radical (unpaired) electrons. The Kier molecular flexibility index (Phi) is 2.00. The number of halogens is 4. The van der Waals surface area contributed by atoms with Crippen molar-refractivity contribution in [2.24, 2.45) is 0 Å². The molecule has 1 heterocycles. The Balaban J connectivity index is 2.92. The lowest BCUT2D eigenvalue weighted by atomic mass is 10.3. The number of imidazole rings is 1. The van der Waals surface area contributed by atoms with Gasteiger partial charge < -0.3 is 4.98 Å². The van der Waals surface area contributed by atoms with Crippen molar-refractivity contribution in [1.82, 2.24) is 9.97 Å². The molecule has 2 rings (SSSR count). The Morgan fingerprint density at radius 3 is 2.77 bits per heavy atom. The molecule has 1 aromatic heterocycles. The van der Waals surface area contributed by atoms with Gasteiger partial charge in [-0.15, -0.1) is 0 Å². The summed E-state index contributed by atoms with van der Waals surface area (Å²) in [4.78, 5) is 6.17. The Hall–Kier alpha value is -0.680. The number of nitrogens with zero attached hydrogens (tertiary/aromatic N) is 1. The summed E-state index contributed by atoms with van der Waals surface area (Å²) in [7, 11) is 0. The van der Waals surface area contributed by atoms with Crippen LogP contribution in [0, 0.1) is 11.6 Å². The third-order valence-electron chi connectivity index (χ3n) is 1.58. The Bertz CT molecular complexity index is 483. The van der Waals surface area contributed by atoms with Gasteiger partial charge in [0.2, 0.25) is 5.28 Å². The number of hydrogen-bond donors (Lipinski definition) is 1. The van der Waals surface area contributed by atoms with E-state index >= 15 is 0 Å². The first-order chi connectivity index (χ1) is 6.09. The van der Waals surface area contributed by atoms with Crippen molar-refractivity contribution in [3.63, 3.8) is 0 Å². The number of aromatic amines is 1. The van der Waals surface area contributed by atoms with Crippen molar-refractivity contribution >= 4 is 38.6 Å². The minimum atomic E-state index is -1.01. The van der Waals surface area contributed by atoms with Crippen LogP contribution in [0.15, 0.2) is 10.5 Å². The third-order valence-corrected chi connectivity index (χ3v) is 2.34. The highest BCUT2D eigenvalue weighted by atomic mass is 79.9. The molecule has 1 aromatic carbocycles. The van der Waals surface area contributed by atoms with E-state index in [1.165, 1.54) is 6.07 Å². The number of aromatic nitrogens is 2. The van der Waals surface area contributed by atoms with E-state index < -0.39 is 11.6 Å². The SMILES string of the molecule is Fc1c(Br)cc2[nH]c(Cl)nc2c1F. The maximum Gasteiger partial charge on any atom is 0.201 e. The summed E-state index contributed by atoms with van der Waals surface area (Å²) in [6, 6.07) is 1.38. The van der Waals surface area contributed by atoms with Crippen LogP contribution in [0.1, 0.15) is 0 Å². The number of fused-ring (bicyclic) bond motifs is 1. The predicted octanol–water partition coefficient (Wildman–Crippen LogP) is 3.26. The Labute approximate surface area is 85.0 Å². The molecule has 0 aliphatic heterocycles. The topological polar surface area (TPSA) is 28.7 Å². The number of nitrogens with one attached hydrogen (secondary N) is 1. The molecule has 68 valence electrons. The van der Waals surface area contributed by atoms with E-state index in [4.69, 9.17) is 11.6 Å². The molecule has 0 fully saturated rings. The average molecular weight is 267 g/mol. The molecule has 1 N–H and O–H groups in total. The van der Waals surface area contributed by atoms with Crippen molar-refractivity contribution in [2.45, 2.75) is 0 Å². The number of hydrogen-bond acceptors (Lipinski definition) is 1. The minimum absolute atomic E-state index is 0.0337. The molecule has 0 aliphatic carbocycles. The highest BCUT2D eigenvalue weighted by Gasteiger charge is 2.14. The van der Waals surface area contributed by atoms with Gasteiger partial charge in [0.25, 0.3) is 0 Å². The zero-order valence-corrected chi connectivity index (χ0v) is 8.38. The van der Waals surface area contributed by atoms with E-state index in [1.54, 1.807) is 0 Å². The largest absolute Gasteiger partial charge is 0.328 e. The minimum Gasteiger partial charge on any atom is -0.328 e. The van der Waals surface area contributed by atoms with E-state index in [0.717, 1.165) is 0 Å². The molecular weight excluding hydrogens is 265 g/mol. The summed E-state index contributed by atoms with van der Waals surface area (Å²) >= 11 is 8.36. The van der Waals surface area contributed by atoms with Crippen LogP contribution in [0.5, 0.6) is 0 Å². The first kappa shape index (κ1) is 8.90. The van der Waals surface area contributed by atoms with Crippen molar-refractivity contribution in [3.05, 3.63) is 27.5 Å². The lowest BCUT2D eigenvalue weighted by Crippen LogP contribution is -1.87. The van der Waals surface area contributed by atoms with E-state index in [0.29, 0.717) is 5.52 Å². The van der Waals surface area contributed by atoms with Gasteiger partial charge in [0, 0.05) is 0 Å². The molecule has 0 saturated carbocycles. The zero-order chi connectivity index (χ0) is 9.59. The summed E-state index contributed by atoms with van der Waals surface area (Å²) in [6.07, 6.45) is 0. The van der Waals surface area contributed by atoms with Gasteiger partial charge in [-0.1, -0.05) is 0 Å². The molecule has 2 aromatic rings. The van der Waals surface area contributed by atoms with Gasteiger partial charge in [0.15, 0.2) is 11.6 Å². The quantitative estimate of drug-likeness (QED) is 0.729. The van der Waals surface area contributed by atoms with Crippen LogP contribution in [0.4, 0.5) is 8.78 Å². The van der Waals surface area contributed by atoms with Crippen LogP contribution in [0.3, 0.4) is 0 Å². The van der Waals surface area contributed by atoms with Gasteiger partial charge in [-0.2, -0.15) is 0 Å². The fraction of sp³-hybridized carbons (Fsp3) is 0. The van der Waals surface area contributed by atoms with Crippen LogP contribution in [0.25, 0.3) is 11.0 Å². The fourth-order valence-electron chi connectivity index (χ4n) is 1.03. The Morgan fingerprint density at radius 2 is 2.08 bits per heavy atom. The lowest BCUT2D eigenvalue weighted by molar-refractivity contribution is 0.511. The second-order valence-electron chi connectivity index (χ2n) is 2.41. The highest BCUT2D eigenvalue weighted by molar-refractivity contribution is 9.10. The van der Waals surface area contributed by atoms with Crippen molar-refractivity contribution < 1.29 is 8.78 Å². The fourth-order valence-corrected chi connectivity index (χ4v) is 1.62. The molecule has 0 saturated heterocycles. The summed E-state index contributed by atoms with van der Waals surface area (Å²) in [5.41, 5.74) is 0.265. The summed E-state index contributed by atoms with van der Waals surface area (Å²) in [5, 5.41) is 0.0337. The summed E-state index contributed by atoms with van der Waals surface area (Å²) < 4.78 is 26.1. The summed E-state index contributed by atoms with van der Waals surface area (Å²) in [6.45, 7) is 0. The van der Waals surface area contributed by atoms with E-state index in [9.17, 15) is 8.78 Å². The molecule has 0 bridgehead atoms. The average Bonchev–Trinajstić information content (AvgIpc) is 2.42. The smallest absolute Gasteiger partial charge is 0.201 e. The molecule has 0 unspecified atom stereocenters. The maximum absolute atomic E-state index is 13.1. The predicted molar refractivity (Wildman–Crippen MR) is 48.7 cm³/mol. The van der Waals surface area contributed by atoms with Crippen molar-refractivity contribution in [3.8, 4) is 0 Å². The highest BCUT2D eigenvalue weighted by Crippen LogP contribution is 2.26. The molecule has 2 nitrogen and oxygen atoms in total. The lowest BCUT2D eigenvalue weighted by Gasteiger charge is -1.95. The molecule has 0 amide bonds. The third kappa shape index (κ3) is 1.32. The van der Waals surface area contributed by atoms with Gasteiger partial charge in [0.1, 0.15) is 5.52 Å². The number of benzene rings is 1. The maximum atomic E-state index is 13.1. The zero-order valence-electron chi connectivity index (χ0n) is 6.04. The van der Waals surface area contributed by atoms with Crippen molar-refractivity contribution in [2.75, 3.05) is 0 Å². The van der Waals surface area contributed by atoms with Crippen LogP contribution in [-0.2, 0) is 0 Å². The van der Waals surface area contributed by atoms with E-state index in [1.807, 2.05) is 0 Å². The van der Waals surface area contributed by atoms with Gasteiger partial charge in [-0.05, 0) is 33.6 Å². The van der Waals surface area contributed by atoms with Gasteiger partial charge >= 0.3 is 0 Å². The molecule has 13 heavy (non-hydrogen) atoms. The second kappa shape index (κ2) is 2.92. The van der Waals surface area contributed by atoms with Crippen molar-refractivity contribution in [1.29, 1.82) is 0 Å². The Morgan fingerprint density at radius 1 is 1.38 bits per heavy atom. The van der Waals surface area contributed by atoms with Gasteiger partial charge in [-0.25, -0.2) is 13.8 Å². The molecule has 6 heteroatoms. The van der Waals surface area contributed by atoms with E-state index in [2.05, 4.69) is 25.9 Å². The molecule has 0 spiro atoms. The van der Waals surface area contributed by atoms with Gasteiger partial charge in [-0.3, -0.25) is 0 Å². The number of H-pyrrole nitrogens is 1. The monoisotopic (exact) mass is 266 g/mol. The van der Waals surface area contributed by atoms with Crippen LogP contribution >= 0.6 is 27.5 Å². The summed E-state index contributed by atoms with van der Waals surface area (Å²) in [5.74, 6) is -1.97. The first-order valence-corrected chi connectivity index (χ1v) is 4.45. The number of rotatable bonds is 0. The van der Waals surface area contributed by atoms with Gasteiger partial charge in [0.05, 0.1) is 9.99 Å². The second-order valence-corrected chi connectivity index (χ2v) is 3.62. The van der Waals surface area contributed by atoms with Crippen LogP contribution < -0.4 is 0 Å². The van der Waals surface area contributed by atoms with Crippen LogP contribution in [0.2, 0.25) is 5.28 Å².